The van der Waals surface area contributed by atoms with Gasteiger partial charge in [0.15, 0.2) is 11.6 Å². The molecule has 1 aliphatic heterocycles. The van der Waals surface area contributed by atoms with Crippen LogP contribution in [-0.2, 0) is 9.59 Å². The van der Waals surface area contributed by atoms with Crippen molar-refractivity contribution in [2.75, 3.05) is 11.4 Å². The number of carboxylic acid groups (broad SMARTS) is 1. The topological polar surface area (TPSA) is 74.7 Å². The van der Waals surface area contributed by atoms with Gasteiger partial charge in [0.1, 0.15) is 6.54 Å². The van der Waals surface area contributed by atoms with Crippen LogP contribution in [0.1, 0.15) is 10.4 Å². The van der Waals surface area contributed by atoms with E-state index >= 15 is 0 Å². The zero-order valence-corrected chi connectivity index (χ0v) is 8.24. The first-order valence-electron chi connectivity index (χ1n) is 4.49. The van der Waals surface area contributed by atoms with Crippen LogP contribution in [0.25, 0.3) is 0 Å². The maximum Gasteiger partial charge on any atom is 0.323 e. The van der Waals surface area contributed by atoms with E-state index in [0.29, 0.717) is 17.0 Å². The Morgan fingerprint density at radius 3 is 2.41 bits per heavy atom. The van der Waals surface area contributed by atoms with E-state index in [2.05, 4.69) is 0 Å². The van der Waals surface area contributed by atoms with Crippen molar-refractivity contribution >= 4 is 23.3 Å². The number of amides is 1. The van der Waals surface area contributed by atoms with Gasteiger partial charge in [-0.3, -0.25) is 19.3 Å². The summed E-state index contributed by atoms with van der Waals surface area (Å²) in [6.07, 6.45) is 0. The van der Waals surface area contributed by atoms with Gasteiger partial charge in [-0.1, -0.05) is 0 Å². The number of hydrogen-bond acceptors (Lipinski definition) is 3. The summed E-state index contributed by atoms with van der Waals surface area (Å²) in [4.78, 5) is 33.9. The summed E-state index contributed by atoms with van der Waals surface area (Å²) < 4.78 is 25.9. The summed E-state index contributed by atoms with van der Waals surface area (Å²) in [6.45, 7) is -0.775. The Labute approximate surface area is 93.3 Å². The molecule has 5 nitrogen and oxygen atoms in total. The van der Waals surface area contributed by atoms with Crippen LogP contribution in [0.2, 0.25) is 0 Å². The summed E-state index contributed by atoms with van der Waals surface area (Å²) in [7, 11) is 0. The van der Waals surface area contributed by atoms with Gasteiger partial charge in [-0.2, -0.15) is 0 Å². The normalized spacial score (nSPS) is 14.1. The first-order chi connectivity index (χ1) is 7.91. The SMILES string of the molecule is O=C(O)CN1C(=O)C(=O)c2cc(F)c(F)cc21. The van der Waals surface area contributed by atoms with E-state index < -0.39 is 35.8 Å². The molecule has 0 saturated heterocycles. The standard InChI is InChI=1S/C10H5F2NO4/c11-5-1-4-7(2-6(5)12)13(3-8(14)15)10(17)9(4)16/h1-2H,3H2,(H,14,15). The average molecular weight is 241 g/mol. The Morgan fingerprint density at radius 1 is 1.24 bits per heavy atom. The van der Waals surface area contributed by atoms with Crippen LogP contribution in [-0.4, -0.2) is 29.3 Å². The Morgan fingerprint density at radius 2 is 1.82 bits per heavy atom. The number of nitrogens with zero attached hydrogens (tertiary/aromatic N) is 1. The molecule has 1 heterocycles. The van der Waals surface area contributed by atoms with Gasteiger partial charge in [-0.25, -0.2) is 8.78 Å². The fraction of sp³-hybridized carbons (Fsp3) is 0.100. The Balaban J connectivity index is 2.56. The minimum atomic E-state index is -1.36. The molecule has 0 aromatic heterocycles. The molecular formula is C10H5F2NO4. The van der Waals surface area contributed by atoms with Crippen LogP contribution in [0.5, 0.6) is 0 Å². The first kappa shape index (κ1) is 11.2. The number of aliphatic carboxylic acids is 1. The fourth-order valence-corrected chi connectivity index (χ4v) is 1.58. The van der Waals surface area contributed by atoms with Crippen LogP contribution >= 0.6 is 0 Å². The van der Waals surface area contributed by atoms with Crippen molar-refractivity contribution < 1.29 is 28.3 Å². The third-order valence-corrected chi connectivity index (χ3v) is 2.31. The molecule has 0 fully saturated rings. The highest BCUT2D eigenvalue weighted by atomic mass is 19.2. The molecule has 1 amide bonds. The maximum atomic E-state index is 13.0. The van der Waals surface area contributed by atoms with Crippen molar-refractivity contribution in [2.24, 2.45) is 0 Å². The molecule has 0 aliphatic carbocycles. The van der Waals surface area contributed by atoms with Crippen molar-refractivity contribution in [3.8, 4) is 0 Å². The van der Waals surface area contributed by atoms with Crippen LogP contribution in [0.15, 0.2) is 12.1 Å². The lowest BCUT2D eigenvalue weighted by Crippen LogP contribution is -2.34. The molecule has 0 saturated carbocycles. The molecule has 2 rings (SSSR count). The highest BCUT2D eigenvalue weighted by Crippen LogP contribution is 2.30. The summed E-state index contributed by atoms with van der Waals surface area (Å²) >= 11 is 0. The maximum absolute atomic E-state index is 13.0. The average Bonchev–Trinajstić information content (AvgIpc) is 2.45. The van der Waals surface area contributed by atoms with Gasteiger partial charge < -0.3 is 5.11 Å². The van der Waals surface area contributed by atoms with Crippen molar-refractivity contribution in [1.82, 2.24) is 0 Å². The van der Waals surface area contributed by atoms with Crippen LogP contribution in [0.3, 0.4) is 0 Å². The van der Waals surface area contributed by atoms with Crippen molar-refractivity contribution in [3.63, 3.8) is 0 Å². The van der Waals surface area contributed by atoms with Crippen LogP contribution < -0.4 is 4.90 Å². The van der Waals surface area contributed by atoms with Crippen LogP contribution in [0, 0.1) is 11.6 Å². The smallest absolute Gasteiger partial charge is 0.323 e. The van der Waals surface area contributed by atoms with Gasteiger partial charge in [0, 0.05) is 6.07 Å². The molecule has 0 unspecified atom stereocenters. The molecule has 1 N–H and O–H groups in total. The highest BCUT2D eigenvalue weighted by Gasteiger charge is 2.37. The van der Waals surface area contributed by atoms with Crippen molar-refractivity contribution in [2.45, 2.75) is 0 Å². The second kappa shape index (κ2) is 3.62. The van der Waals surface area contributed by atoms with E-state index in [-0.39, 0.29) is 11.3 Å². The predicted molar refractivity (Wildman–Crippen MR) is 50.7 cm³/mol. The molecule has 1 aromatic rings. The molecular weight excluding hydrogens is 236 g/mol. The van der Waals surface area contributed by atoms with Gasteiger partial charge in [0.2, 0.25) is 0 Å². The molecule has 1 aliphatic rings. The predicted octanol–water partition coefficient (Wildman–Crippen LogP) is 0.579. The molecule has 0 bridgehead atoms. The second-order valence-corrected chi connectivity index (χ2v) is 3.40. The number of fused-ring (bicyclic) bond motifs is 1. The lowest BCUT2D eigenvalue weighted by atomic mass is 10.1. The molecule has 17 heavy (non-hydrogen) atoms. The molecule has 0 spiro atoms. The Hall–Kier alpha value is -2.31. The number of rotatable bonds is 2. The van der Waals surface area contributed by atoms with E-state index in [0.717, 1.165) is 0 Å². The van der Waals surface area contributed by atoms with E-state index in [9.17, 15) is 23.2 Å². The number of carbonyl (C=O) groups is 3. The first-order valence-corrected chi connectivity index (χ1v) is 4.49. The van der Waals surface area contributed by atoms with Crippen molar-refractivity contribution in [1.29, 1.82) is 0 Å². The van der Waals surface area contributed by atoms with E-state index in [4.69, 9.17) is 5.11 Å². The minimum absolute atomic E-state index is 0.221. The van der Waals surface area contributed by atoms with Gasteiger partial charge in [-0.05, 0) is 6.07 Å². The zero-order chi connectivity index (χ0) is 12.7. The quantitative estimate of drug-likeness (QED) is 0.768. The summed E-state index contributed by atoms with van der Waals surface area (Å²) in [5.41, 5.74) is -0.545. The fourth-order valence-electron chi connectivity index (χ4n) is 1.58. The van der Waals surface area contributed by atoms with Gasteiger partial charge in [0.05, 0.1) is 11.3 Å². The highest BCUT2D eigenvalue weighted by molar-refractivity contribution is 6.52. The molecule has 0 atom stereocenters. The number of Topliss-reactive ketones (excluding diaryl/α,β-unsaturated/α-hetero) is 1. The van der Waals surface area contributed by atoms with Crippen molar-refractivity contribution in [3.05, 3.63) is 29.3 Å². The third-order valence-electron chi connectivity index (χ3n) is 2.31. The van der Waals surface area contributed by atoms with Gasteiger partial charge in [0.25, 0.3) is 11.7 Å². The van der Waals surface area contributed by atoms with Crippen LogP contribution in [0.4, 0.5) is 14.5 Å². The monoisotopic (exact) mass is 241 g/mol. The number of hydrogen-bond donors (Lipinski definition) is 1. The molecule has 88 valence electrons. The largest absolute Gasteiger partial charge is 0.480 e. The zero-order valence-electron chi connectivity index (χ0n) is 8.24. The number of carbonyl (C=O) groups excluding carboxylic acids is 2. The number of ketones is 1. The third kappa shape index (κ3) is 1.65. The number of anilines is 1. The number of carboxylic acids is 1. The van der Waals surface area contributed by atoms with Gasteiger partial charge in [-0.15, -0.1) is 0 Å². The van der Waals surface area contributed by atoms with Gasteiger partial charge >= 0.3 is 5.97 Å². The molecule has 1 aromatic carbocycles. The van der Waals surface area contributed by atoms with E-state index in [1.807, 2.05) is 0 Å². The second-order valence-electron chi connectivity index (χ2n) is 3.40. The number of halogens is 2. The lowest BCUT2D eigenvalue weighted by molar-refractivity contribution is -0.136. The summed E-state index contributed by atoms with van der Waals surface area (Å²) in [5, 5.41) is 8.55. The molecule has 7 heteroatoms. The summed E-state index contributed by atoms with van der Waals surface area (Å²) in [6, 6.07) is 1.23. The lowest BCUT2D eigenvalue weighted by Gasteiger charge is -2.13. The Bertz CT molecular complexity index is 555. The number of benzene rings is 1. The van der Waals surface area contributed by atoms with E-state index in [1.165, 1.54) is 0 Å². The molecule has 0 radical (unpaired) electrons. The summed E-state index contributed by atoms with van der Waals surface area (Å²) in [5.74, 6) is -6.01. The van der Waals surface area contributed by atoms with E-state index in [1.54, 1.807) is 0 Å². The Kier molecular flexibility index (Phi) is 2.38. The minimum Gasteiger partial charge on any atom is -0.480 e.